The van der Waals surface area contributed by atoms with Crippen molar-refractivity contribution in [1.29, 1.82) is 0 Å². The maximum Gasteiger partial charge on any atom is 0.236 e. The predicted octanol–water partition coefficient (Wildman–Crippen LogP) is 1.55. The van der Waals surface area contributed by atoms with E-state index in [1.165, 1.54) is 12.1 Å². The Bertz CT molecular complexity index is 455. The predicted molar refractivity (Wildman–Crippen MR) is 94.4 cm³/mol. The highest BCUT2D eigenvalue weighted by Gasteiger charge is 2.20. The minimum atomic E-state index is -0.227. The molecular weight excluding hydrogens is 344 g/mol. The topological polar surface area (TPSA) is 44.8 Å². The summed E-state index contributed by atoms with van der Waals surface area (Å²) < 4.78 is 17.8. The molecule has 1 saturated heterocycles. The van der Waals surface area contributed by atoms with Crippen molar-refractivity contribution in [3.8, 4) is 0 Å². The lowest BCUT2D eigenvalue weighted by Gasteiger charge is -2.36. The Kier molecular flexibility index (Phi) is 10.9. The third-order valence-electron chi connectivity index (χ3n) is 3.58. The molecule has 1 heterocycles. The van der Waals surface area contributed by atoms with Gasteiger partial charge in [-0.25, -0.2) is 4.39 Å². The van der Waals surface area contributed by atoms with Crippen LogP contribution in [0.1, 0.15) is 0 Å². The molecule has 1 aliphatic heterocycles. The van der Waals surface area contributed by atoms with Gasteiger partial charge in [0.2, 0.25) is 5.91 Å². The van der Waals surface area contributed by atoms with Crippen molar-refractivity contribution in [3.63, 3.8) is 0 Å². The molecule has 1 N–H and O–H groups in total. The molecular formula is C15H24Cl2FN3O2. The number of benzene rings is 1. The van der Waals surface area contributed by atoms with Crippen molar-refractivity contribution < 1.29 is 13.9 Å². The first-order valence-corrected chi connectivity index (χ1v) is 7.18. The van der Waals surface area contributed by atoms with Gasteiger partial charge in [0.15, 0.2) is 0 Å². The van der Waals surface area contributed by atoms with E-state index in [0.29, 0.717) is 32.8 Å². The van der Waals surface area contributed by atoms with Gasteiger partial charge in [-0.2, -0.15) is 0 Å². The zero-order chi connectivity index (χ0) is 15.1. The second-order valence-electron chi connectivity index (χ2n) is 5.01. The summed E-state index contributed by atoms with van der Waals surface area (Å²) in [7, 11) is 1.64. The van der Waals surface area contributed by atoms with Crippen LogP contribution in [0.15, 0.2) is 24.3 Å². The number of piperazine rings is 1. The second-order valence-corrected chi connectivity index (χ2v) is 5.01. The fourth-order valence-corrected chi connectivity index (χ4v) is 2.35. The quantitative estimate of drug-likeness (QED) is 0.774. The molecule has 1 aromatic carbocycles. The monoisotopic (exact) mass is 367 g/mol. The molecule has 1 aromatic rings. The lowest BCUT2D eigenvalue weighted by Crippen LogP contribution is -2.51. The number of amides is 1. The molecule has 5 nitrogen and oxygen atoms in total. The van der Waals surface area contributed by atoms with Gasteiger partial charge in [0.1, 0.15) is 5.82 Å². The maximum atomic E-state index is 12.9. The number of nitrogens with zero attached hydrogens (tertiary/aromatic N) is 2. The van der Waals surface area contributed by atoms with Crippen LogP contribution in [0.25, 0.3) is 0 Å². The second kappa shape index (κ2) is 11.5. The Labute approximate surface area is 149 Å². The number of ether oxygens (including phenoxy) is 1. The number of halogens is 3. The molecule has 8 heteroatoms. The minimum absolute atomic E-state index is 0. The minimum Gasteiger partial charge on any atom is -0.383 e. The third-order valence-corrected chi connectivity index (χ3v) is 3.58. The van der Waals surface area contributed by atoms with Crippen LogP contribution in [-0.2, 0) is 9.53 Å². The van der Waals surface area contributed by atoms with Gasteiger partial charge in [-0.05, 0) is 24.3 Å². The summed E-state index contributed by atoms with van der Waals surface area (Å²) in [6, 6.07) is 6.48. The number of carbonyl (C=O) groups is 1. The number of hydrogen-bond acceptors (Lipinski definition) is 4. The van der Waals surface area contributed by atoms with Gasteiger partial charge < -0.3 is 19.9 Å². The van der Waals surface area contributed by atoms with Gasteiger partial charge in [-0.3, -0.25) is 4.79 Å². The van der Waals surface area contributed by atoms with Crippen LogP contribution in [0.3, 0.4) is 0 Å². The standard InChI is InChI=1S/C15H22FN3O2.2ClH/c1-21-11-6-17-12-15(20)19-9-7-18(8-10-19)14-4-2-13(16)3-5-14;;/h2-5,17H,6-12H2,1H3;2*1H. The molecule has 0 saturated carbocycles. The van der Waals surface area contributed by atoms with Gasteiger partial charge >= 0.3 is 0 Å². The first-order valence-electron chi connectivity index (χ1n) is 7.18. The first kappa shape index (κ1) is 21.9. The Morgan fingerprint density at radius 3 is 2.35 bits per heavy atom. The van der Waals surface area contributed by atoms with Crippen LogP contribution in [0.5, 0.6) is 0 Å². The number of carbonyl (C=O) groups excluding carboxylic acids is 1. The van der Waals surface area contributed by atoms with Gasteiger partial charge in [0.25, 0.3) is 0 Å². The molecule has 0 aromatic heterocycles. The third kappa shape index (κ3) is 6.91. The van der Waals surface area contributed by atoms with E-state index in [1.54, 1.807) is 19.2 Å². The Morgan fingerprint density at radius 1 is 1.17 bits per heavy atom. The fraction of sp³-hybridized carbons (Fsp3) is 0.533. The SMILES string of the molecule is COCCNCC(=O)N1CCN(c2ccc(F)cc2)CC1.Cl.Cl. The van der Waals surface area contributed by atoms with Crippen LogP contribution < -0.4 is 10.2 Å². The molecule has 0 unspecified atom stereocenters. The Hall–Kier alpha value is -1.08. The van der Waals surface area contributed by atoms with E-state index in [4.69, 9.17) is 4.74 Å². The van der Waals surface area contributed by atoms with Crippen LogP contribution in [0.4, 0.5) is 10.1 Å². The van der Waals surface area contributed by atoms with Crippen LogP contribution >= 0.6 is 24.8 Å². The normalized spacial score (nSPS) is 14.0. The molecule has 2 rings (SSSR count). The number of methoxy groups -OCH3 is 1. The smallest absolute Gasteiger partial charge is 0.236 e. The van der Waals surface area contributed by atoms with E-state index >= 15 is 0 Å². The summed E-state index contributed by atoms with van der Waals surface area (Å²) in [5.41, 5.74) is 1.00. The maximum absolute atomic E-state index is 12.9. The van der Waals surface area contributed by atoms with E-state index in [9.17, 15) is 9.18 Å². The van der Waals surface area contributed by atoms with E-state index in [0.717, 1.165) is 18.8 Å². The zero-order valence-corrected chi connectivity index (χ0v) is 14.8. The van der Waals surface area contributed by atoms with E-state index in [-0.39, 0.29) is 36.5 Å². The highest BCUT2D eigenvalue weighted by molar-refractivity contribution is 5.85. The summed E-state index contributed by atoms with van der Waals surface area (Å²) in [5.74, 6) is -0.112. The van der Waals surface area contributed by atoms with Crippen molar-refractivity contribution in [2.75, 3.05) is 57.9 Å². The molecule has 23 heavy (non-hydrogen) atoms. The number of nitrogens with one attached hydrogen (secondary N) is 1. The molecule has 0 aliphatic carbocycles. The van der Waals surface area contributed by atoms with Gasteiger partial charge in [-0.1, -0.05) is 0 Å². The molecule has 0 spiro atoms. The number of hydrogen-bond donors (Lipinski definition) is 1. The van der Waals surface area contributed by atoms with Gasteiger partial charge in [0, 0.05) is 45.5 Å². The average molecular weight is 368 g/mol. The molecule has 0 radical (unpaired) electrons. The first-order chi connectivity index (χ1) is 10.2. The number of anilines is 1. The van der Waals surface area contributed by atoms with Gasteiger partial charge in [-0.15, -0.1) is 24.8 Å². The van der Waals surface area contributed by atoms with E-state index < -0.39 is 0 Å². The van der Waals surface area contributed by atoms with Crippen molar-refractivity contribution in [1.82, 2.24) is 10.2 Å². The lowest BCUT2D eigenvalue weighted by atomic mass is 10.2. The Morgan fingerprint density at radius 2 is 1.78 bits per heavy atom. The molecule has 1 aliphatic rings. The molecule has 132 valence electrons. The highest BCUT2D eigenvalue weighted by atomic mass is 35.5. The summed E-state index contributed by atoms with van der Waals surface area (Å²) in [6.45, 7) is 4.57. The number of rotatable bonds is 6. The summed E-state index contributed by atoms with van der Waals surface area (Å²) in [5, 5.41) is 3.06. The molecule has 0 bridgehead atoms. The molecule has 1 amide bonds. The summed E-state index contributed by atoms with van der Waals surface area (Å²) in [4.78, 5) is 16.0. The Balaban J connectivity index is 0.00000242. The van der Waals surface area contributed by atoms with Crippen LogP contribution in [0, 0.1) is 5.82 Å². The van der Waals surface area contributed by atoms with Crippen LogP contribution in [0.2, 0.25) is 0 Å². The molecule has 0 atom stereocenters. The zero-order valence-electron chi connectivity index (χ0n) is 13.2. The highest BCUT2D eigenvalue weighted by Crippen LogP contribution is 2.16. The van der Waals surface area contributed by atoms with E-state index in [2.05, 4.69) is 10.2 Å². The van der Waals surface area contributed by atoms with E-state index in [1.807, 2.05) is 4.90 Å². The largest absolute Gasteiger partial charge is 0.383 e. The van der Waals surface area contributed by atoms with Crippen LogP contribution in [-0.4, -0.2) is 63.8 Å². The van der Waals surface area contributed by atoms with Gasteiger partial charge in [0.05, 0.1) is 13.2 Å². The van der Waals surface area contributed by atoms with Crippen molar-refractivity contribution in [3.05, 3.63) is 30.1 Å². The summed E-state index contributed by atoms with van der Waals surface area (Å²) in [6.07, 6.45) is 0. The summed E-state index contributed by atoms with van der Waals surface area (Å²) >= 11 is 0. The van der Waals surface area contributed by atoms with Crippen molar-refractivity contribution >= 4 is 36.4 Å². The lowest BCUT2D eigenvalue weighted by molar-refractivity contribution is -0.130. The average Bonchev–Trinajstić information content (AvgIpc) is 2.52. The molecule has 1 fully saturated rings. The fourth-order valence-electron chi connectivity index (χ4n) is 2.35. The van der Waals surface area contributed by atoms with Crippen molar-refractivity contribution in [2.24, 2.45) is 0 Å². The van der Waals surface area contributed by atoms with Crippen molar-refractivity contribution in [2.45, 2.75) is 0 Å².